The summed E-state index contributed by atoms with van der Waals surface area (Å²) in [6, 6.07) is 6.95. The van der Waals surface area contributed by atoms with Crippen molar-refractivity contribution in [1.82, 2.24) is 29.1 Å². The zero-order valence-electron chi connectivity index (χ0n) is 13.2. The number of aryl methyl sites for hydroxylation is 1. The second kappa shape index (κ2) is 5.71. The van der Waals surface area contributed by atoms with Crippen LogP contribution in [0.3, 0.4) is 0 Å². The minimum atomic E-state index is -1.38. The third-order valence-electron chi connectivity index (χ3n) is 3.78. The van der Waals surface area contributed by atoms with Gasteiger partial charge in [0.2, 0.25) is 10.9 Å². The smallest absolute Gasteiger partial charge is 0.268 e. The van der Waals surface area contributed by atoms with E-state index in [0.717, 1.165) is 0 Å². The number of hydrogen-bond donors (Lipinski definition) is 0. The zero-order chi connectivity index (χ0) is 17.7. The molecule has 10 heteroatoms. The Hall–Kier alpha value is -2.65. The van der Waals surface area contributed by atoms with Crippen LogP contribution >= 0.6 is 11.6 Å². The van der Waals surface area contributed by atoms with E-state index in [1.165, 1.54) is 17.2 Å². The molecule has 0 fully saturated rings. The molecule has 0 radical (unpaired) electrons. The molecule has 0 saturated heterocycles. The fourth-order valence-electron chi connectivity index (χ4n) is 2.67. The maximum atomic E-state index is 13.2. The van der Waals surface area contributed by atoms with E-state index in [2.05, 4.69) is 20.2 Å². The van der Waals surface area contributed by atoms with Crippen molar-refractivity contribution in [2.45, 2.75) is 12.1 Å². The lowest BCUT2D eigenvalue weighted by atomic mass is 10.2. The van der Waals surface area contributed by atoms with Crippen molar-refractivity contribution in [1.29, 1.82) is 0 Å². The summed E-state index contributed by atoms with van der Waals surface area (Å²) in [5.41, 5.74) is 0.855. The summed E-state index contributed by atoms with van der Waals surface area (Å²) in [5.74, 6) is 0.261. The van der Waals surface area contributed by atoms with Gasteiger partial charge in [0.1, 0.15) is 11.7 Å². The number of nitrogens with zero attached hydrogens (tertiary/aromatic N) is 6. The van der Waals surface area contributed by atoms with E-state index in [1.807, 2.05) is 0 Å². The highest BCUT2D eigenvalue weighted by Crippen LogP contribution is 2.22. The van der Waals surface area contributed by atoms with Crippen molar-refractivity contribution in [3.63, 3.8) is 0 Å². The number of hydrogen-bond acceptors (Lipinski definition) is 6. The molecule has 0 N–H and O–H groups in total. The Morgan fingerprint density at radius 1 is 1.20 bits per heavy atom. The van der Waals surface area contributed by atoms with E-state index in [1.54, 1.807) is 35.6 Å². The maximum Gasteiger partial charge on any atom is 0.270 e. The molecule has 0 saturated carbocycles. The van der Waals surface area contributed by atoms with Crippen LogP contribution in [0.25, 0.3) is 22.5 Å². The largest absolute Gasteiger partial charge is 0.270 e. The third kappa shape index (κ3) is 2.35. The molecule has 1 aromatic carbocycles. The number of fused-ring (bicyclic) bond motifs is 3. The van der Waals surface area contributed by atoms with Crippen molar-refractivity contribution in [2.75, 3.05) is 6.26 Å². The van der Waals surface area contributed by atoms with Gasteiger partial charge in [0.05, 0.1) is 27.2 Å². The summed E-state index contributed by atoms with van der Waals surface area (Å²) in [6.45, 7) is 1.68. The Bertz CT molecular complexity index is 1230. The number of para-hydroxylation sites is 1. The lowest BCUT2D eigenvalue weighted by molar-refractivity contribution is 0.679. The monoisotopic (exact) mass is 374 g/mol. The van der Waals surface area contributed by atoms with Crippen LogP contribution < -0.4 is 5.56 Å². The molecule has 3 aromatic heterocycles. The highest BCUT2D eigenvalue weighted by atomic mass is 35.5. The van der Waals surface area contributed by atoms with Crippen LogP contribution in [0, 0.1) is 6.92 Å². The molecule has 0 amide bonds. The lowest BCUT2D eigenvalue weighted by Gasteiger charge is -2.12. The van der Waals surface area contributed by atoms with Crippen molar-refractivity contribution in [3.8, 4) is 5.69 Å². The van der Waals surface area contributed by atoms with Gasteiger partial charge >= 0.3 is 0 Å². The van der Waals surface area contributed by atoms with Crippen molar-refractivity contribution >= 4 is 39.2 Å². The molecule has 4 aromatic rings. The van der Waals surface area contributed by atoms with Gasteiger partial charge in [-0.1, -0.05) is 23.7 Å². The first-order chi connectivity index (χ1) is 12.0. The molecule has 1 atom stereocenters. The Labute approximate surface area is 148 Å². The van der Waals surface area contributed by atoms with Gasteiger partial charge in [-0.3, -0.25) is 9.00 Å². The molecule has 0 aliphatic rings. The quantitative estimate of drug-likeness (QED) is 0.494. The summed E-state index contributed by atoms with van der Waals surface area (Å²) < 4.78 is 14.7. The van der Waals surface area contributed by atoms with Crippen LogP contribution in [0.4, 0.5) is 0 Å². The van der Waals surface area contributed by atoms with E-state index in [-0.39, 0.29) is 16.5 Å². The van der Waals surface area contributed by atoms with Gasteiger partial charge in [0.25, 0.3) is 5.56 Å². The molecule has 126 valence electrons. The van der Waals surface area contributed by atoms with Gasteiger partial charge in [-0.15, -0.1) is 10.2 Å². The van der Waals surface area contributed by atoms with Crippen molar-refractivity contribution < 1.29 is 4.21 Å². The lowest BCUT2D eigenvalue weighted by Crippen LogP contribution is -2.24. The third-order valence-corrected chi connectivity index (χ3v) is 4.79. The van der Waals surface area contributed by atoms with Crippen LogP contribution in [0.15, 0.2) is 40.5 Å². The second-order valence-electron chi connectivity index (χ2n) is 5.34. The molecule has 0 spiro atoms. The summed E-state index contributed by atoms with van der Waals surface area (Å²) >= 11 is 6.27. The SMILES string of the molecule is Cc1nc(S(C)=O)nc2c1c(=O)n(-c1ccccc1Cl)c1nncn21. The fourth-order valence-corrected chi connectivity index (χ4v) is 3.37. The molecule has 0 bridgehead atoms. The Morgan fingerprint density at radius 3 is 2.68 bits per heavy atom. The van der Waals surface area contributed by atoms with Crippen LogP contribution in [0.2, 0.25) is 5.02 Å². The van der Waals surface area contributed by atoms with E-state index < -0.39 is 10.8 Å². The molecule has 1 unspecified atom stereocenters. The average Bonchev–Trinajstić information content (AvgIpc) is 3.05. The molecule has 0 aliphatic carbocycles. The Morgan fingerprint density at radius 2 is 1.96 bits per heavy atom. The Balaban J connectivity index is 2.25. The normalized spacial score (nSPS) is 12.8. The van der Waals surface area contributed by atoms with Crippen LogP contribution in [-0.2, 0) is 10.8 Å². The predicted octanol–water partition coefficient (Wildman–Crippen LogP) is 1.52. The molecule has 25 heavy (non-hydrogen) atoms. The summed E-state index contributed by atoms with van der Waals surface area (Å²) in [6.07, 6.45) is 2.92. The van der Waals surface area contributed by atoms with Crippen LogP contribution in [-0.4, -0.2) is 39.6 Å². The van der Waals surface area contributed by atoms with E-state index in [4.69, 9.17) is 11.6 Å². The number of benzene rings is 1. The first-order valence-electron chi connectivity index (χ1n) is 7.20. The molecular formula is C15H11ClN6O2S. The Kier molecular flexibility index (Phi) is 3.62. The molecule has 4 rings (SSSR count). The van der Waals surface area contributed by atoms with E-state index in [0.29, 0.717) is 27.4 Å². The predicted molar refractivity (Wildman–Crippen MR) is 93.8 cm³/mol. The van der Waals surface area contributed by atoms with Gasteiger partial charge in [0, 0.05) is 6.26 Å². The van der Waals surface area contributed by atoms with Gasteiger partial charge in [-0.05, 0) is 19.1 Å². The first-order valence-corrected chi connectivity index (χ1v) is 9.14. The summed E-state index contributed by atoms with van der Waals surface area (Å²) in [4.78, 5) is 21.6. The van der Waals surface area contributed by atoms with Gasteiger partial charge in [-0.25, -0.2) is 18.9 Å². The molecule has 8 nitrogen and oxygen atoms in total. The minimum Gasteiger partial charge on any atom is -0.268 e. The van der Waals surface area contributed by atoms with Gasteiger partial charge in [0.15, 0.2) is 5.65 Å². The maximum absolute atomic E-state index is 13.2. The van der Waals surface area contributed by atoms with Crippen LogP contribution in [0.1, 0.15) is 5.69 Å². The van der Waals surface area contributed by atoms with Gasteiger partial charge in [-0.2, -0.15) is 0 Å². The first kappa shape index (κ1) is 15.9. The zero-order valence-corrected chi connectivity index (χ0v) is 14.7. The van der Waals surface area contributed by atoms with Gasteiger partial charge < -0.3 is 0 Å². The molecule has 3 heterocycles. The second-order valence-corrected chi connectivity index (χ2v) is 7.02. The summed E-state index contributed by atoms with van der Waals surface area (Å²) in [5, 5.41) is 8.76. The molecular weight excluding hydrogens is 364 g/mol. The van der Waals surface area contributed by atoms with E-state index in [9.17, 15) is 9.00 Å². The highest BCUT2D eigenvalue weighted by Gasteiger charge is 2.20. The highest BCUT2D eigenvalue weighted by molar-refractivity contribution is 7.84. The minimum absolute atomic E-state index is 0.148. The standard InChI is InChI=1S/C15H11ClN6O2S/c1-8-11-12(19-14(18-8)25(2)24)21-7-17-20-15(21)22(13(11)23)10-6-4-3-5-9(10)16/h3-7H,1-2H3. The number of rotatable bonds is 2. The summed E-state index contributed by atoms with van der Waals surface area (Å²) in [7, 11) is -1.38. The van der Waals surface area contributed by atoms with Crippen molar-refractivity contribution in [2.24, 2.45) is 0 Å². The fraction of sp³-hybridized carbons (Fsp3) is 0.133. The number of halogens is 1. The topological polar surface area (TPSA) is 95.0 Å². The van der Waals surface area contributed by atoms with Crippen LogP contribution in [0.5, 0.6) is 0 Å². The van der Waals surface area contributed by atoms with Crippen molar-refractivity contribution in [3.05, 3.63) is 51.7 Å². The van der Waals surface area contributed by atoms with E-state index >= 15 is 0 Å². The molecule has 0 aliphatic heterocycles. The average molecular weight is 375 g/mol. The number of aromatic nitrogens is 6.